The van der Waals surface area contributed by atoms with E-state index >= 15 is 0 Å². The van der Waals surface area contributed by atoms with Crippen LogP contribution in [0, 0.1) is 5.92 Å². The number of ether oxygens (including phenoxy) is 2. The number of hydrogen-bond acceptors (Lipinski definition) is 3. The van der Waals surface area contributed by atoms with Crippen molar-refractivity contribution in [2.24, 2.45) is 10.9 Å². The first kappa shape index (κ1) is 20.3. The fourth-order valence-corrected chi connectivity index (χ4v) is 2.44. The lowest BCUT2D eigenvalue weighted by molar-refractivity contribution is 0.0258. The molecule has 136 valence electrons. The first-order chi connectivity index (χ1) is 11.6. The van der Waals surface area contributed by atoms with Gasteiger partial charge in [-0.25, -0.2) is 4.99 Å². The summed E-state index contributed by atoms with van der Waals surface area (Å²) >= 11 is 0. The number of nitrogens with one attached hydrogen (secondary N) is 2. The van der Waals surface area contributed by atoms with Crippen molar-refractivity contribution in [3.8, 4) is 5.75 Å². The first-order valence-electron chi connectivity index (χ1n) is 8.87. The maximum absolute atomic E-state index is 5.79. The fraction of sp³-hybridized carbons (Fsp3) is 0.632. The summed E-state index contributed by atoms with van der Waals surface area (Å²) in [5, 5.41) is 6.67. The van der Waals surface area contributed by atoms with Gasteiger partial charge in [0, 0.05) is 19.7 Å². The Kier molecular flexibility index (Phi) is 9.92. The first-order valence-corrected chi connectivity index (χ1v) is 8.87. The van der Waals surface area contributed by atoms with E-state index in [0.717, 1.165) is 43.4 Å². The van der Waals surface area contributed by atoms with Crippen molar-refractivity contribution in [1.82, 2.24) is 10.6 Å². The second-order valence-electron chi connectivity index (χ2n) is 6.00. The molecule has 1 rings (SSSR count). The molecule has 0 saturated carbocycles. The van der Waals surface area contributed by atoms with Gasteiger partial charge in [0.1, 0.15) is 5.75 Å². The van der Waals surface area contributed by atoms with Gasteiger partial charge in [-0.15, -0.1) is 0 Å². The van der Waals surface area contributed by atoms with E-state index in [1.165, 1.54) is 0 Å². The Bertz CT molecular complexity index is 489. The molecule has 0 spiro atoms. The number of hydrogen-bond donors (Lipinski definition) is 2. The molecule has 0 aliphatic heterocycles. The van der Waals surface area contributed by atoms with Gasteiger partial charge >= 0.3 is 0 Å². The molecule has 0 aliphatic carbocycles. The van der Waals surface area contributed by atoms with Crippen LogP contribution in [0.1, 0.15) is 39.7 Å². The molecule has 0 fully saturated rings. The Morgan fingerprint density at radius 2 is 2.00 bits per heavy atom. The normalized spacial score (nSPS) is 13.0. The van der Waals surface area contributed by atoms with Crippen LogP contribution in [-0.4, -0.2) is 38.9 Å². The van der Waals surface area contributed by atoms with Crippen LogP contribution in [0.15, 0.2) is 29.3 Å². The van der Waals surface area contributed by atoms with Gasteiger partial charge in [0.15, 0.2) is 5.96 Å². The molecule has 24 heavy (non-hydrogen) atoms. The van der Waals surface area contributed by atoms with Gasteiger partial charge in [0.2, 0.25) is 0 Å². The largest absolute Gasteiger partial charge is 0.497 e. The van der Waals surface area contributed by atoms with E-state index < -0.39 is 0 Å². The van der Waals surface area contributed by atoms with Crippen LogP contribution in [-0.2, 0) is 11.3 Å². The summed E-state index contributed by atoms with van der Waals surface area (Å²) < 4.78 is 11.0. The van der Waals surface area contributed by atoms with Gasteiger partial charge in [-0.1, -0.05) is 26.0 Å². The lowest BCUT2D eigenvalue weighted by atomic mass is 10.0. The van der Waals surface area contributed by atoms with Gasteiger partial charge in [0.05, 0.1) is 19.8 Å². The summed E-state index contributed by atoms with van der Waals surface area (Å²) in [6.07, 6.45) is 1.25. The lowest BCUT2D eigenvalue weighted by Gasteiger charge is -2.21. The molecule has 5 nitrogen and oxygen atoms in total. The monoisotopic (exact) mass is 335 g/mol. The van der Waals surface area contributed by atoms with Crippen molar-refractivity contribution in [2.75, 3.05) is 26.8 Å². The molecule has 5 heteroatoms. The third-order valence-corrected chi connectivity index (χ3v) is 3.74. The van der Waals surface area contributed by atoms with E-state index in [1.54, 1.807) is 7.11 Å². The zero-order valence-electron chi connectivity index (χ0n) is 15.8. The van der Waals surface area contributed by atoms with Crippen LogP contribution in [0.2, 0.25) is 0 Å². The molecule has 1 atom stereocenters. The van der Waals surface area contributed by atoms with Crippen LogP contribution in [0.4, 0.5) is 0 Å². The maximum Gasteiger partial charge on any atom is 0.191 e. The van der Waals surface area contributed by atoms with Crippen LogP contribution in [0.3, 0.4) is 0 Å². The third-order valence-electron chi connectivity index (χ3n) is 3.74. The van der Waals surface area contributed by atoms with Crippen LogP contribution in [0.25, 0.3) is 0 Å². The molecule has 0 radical (unpaired) electrons. The lowest BCUT2D eigenvalue weighted by Crippen LogP contribution is -2.39. The van der Waals surface area contributed by atoms with Gasteiger partial charge in [-0.05, 0) is 43.9 Å². The van der Waals surface area contributed by atoms with Crippen molar-refractivity contribution in [3.05, 3.63) is 29.8 Å². The summed E-state index contributed by atoms with van der Waals surface area (Å²) in [4.78, 5) is 4.64. The third kappa shape index (κ3) is 7.68. The Morgan fingerprint density at radius 3 is 2.62 bits per heavy atom. The fourth-order valence-electron chi connectivity index (χ4n) is 2.44. The van der Waals surface area contributed by atoms with E-state index in [-0.39, 0.29) is 6.10 Å². The van der Waals surface area contributed by atoms with Gasteiger partial charge < -0.3 is 20.1 Å². The Hall–Kier alpha value is -1.75. The minimum absolute atomic E-state index is 0.281. The number of guanidine groups is 1. The molecular formula is C19H33N3O2. The molecule has 1 aromatic rings. The highest BCUT2D eigenvalue weighted by molar-refractivity contribution is 5.79. The SMILES string of the molecule is CCNC(=NCc1cccc(OC)c1)NCCC(OCC)C(C)C. The summed E-state index contributed by atoms with van der Waals surface area (Å²) in [5.74, 6) is 2.21. The van der Waals surface area contributed by atoms with E-state index in [0.29, 0.717) is 12.5 Å². The zero-order chi connectivity index (χ0) is 17.8. The molecule has 1 aromatic carbocycles. The van der Waals surface area contributed by atoms with E-state index in [9.17, 15) is 0 Å². The zero-order valence-corrected chi connectivity index (χ0v) is 15.8. The minimum atomic E-state index is 0.281. The van der Waals surface area contributed by atoms with Crippen molar-refractivity contribution < 1.29 is 9.47 Å². The predicted octanol–water partition coefficient (Wildman–Crippen LogP) is 3.20. The summed E-state index contributed by atoms with van der Waals surface area (Å²) in [6, 6.07) is 7.99. The molecule has 0 aromatic heterocycles. The van der Waals surface area contributed by atoms with Crippen molar-refractivity contribution in [1.29, 1.82) is 0 Å². The summed E-state index contributed by atoms with van der Waals surface area (Å²) in [7, 11) is 1.68. The number of aliphatic imine (C=N–C) groups is 1. The Morgan fingerprint density at radius 1 is 1.21 bits per heavy atom. The molecule has 1 unspecified atom stereocenters. The smallest absolute Gasteiger partial charge is 0.191 e. The highest BCUT2D eigenvalue weighted by atomic mass is 16.5. The quantitative estimate of drug-likeness (QED) is 0.509. The van der Waals surface area contributed by atoms with Gasteiger partial charge in [-0.3, -0.25) is 0 Å². The summed E-state index contributed by atoms with van der Waals surface area (Å²) in [5.41, 5.74) is 1.13. The average molecular weight is 335 g/mol. The van der Waals surface area contributed by atoms with Crippen molar-refractivity contribution in [3.63, 3.8) is 0 Å². The summed E-state index contributed by atoms with van der Waals surface area (Å²) in [6.45, 7) is 11.6. The number of rotatable bonds is 10. The predicted molar refractivity (Wildman–Crippen MR) is 101 cm³/mol. The average Bonchev–Trinajstić information content (AvgIpc) is 2.58. The molecule has 0 amide bonds. The standard InChI is InChI=1S/C19H33N3O2/c1-6-20-19(21-12-11-18(15(3)4)24-7-2)22-14-16-9-8-10-17(13-16)23-5/h8-10,13,15,18H,6-7,11-12,14H2,1-5H3,(H2,20,21,22). The maximum atomic E-state index is 5.79. The van der Waals surface area contributed by atoms with Crippen LogP contribution < -0.4 is 15.4 Å². The highest BCUT2D eigenvalue weighted by Crippen LogP contribution is 2.13. The second-order valence-corrected chi connectivity index (χ2v) is 6.00. The molecule has 0 aliphatic rings. The minimum Gasteiger partial charge on any atom is -0.497 e. The topological polar surface area (TPSA) is 54.9 Å². The van der Waals surface area contributed by atoms with E-state index in [1.807, 2.05) is 25.1 Å². The highest BCUT2D eigenvalue weighted by Gasteiger charge is 2.12. The Labute approximate surface area is 146 Å². The number of nitrogens with zero attached hydrogens (tertiary/aromatic N) is 1. The number of benzene rings is 1. The Balaban J connectivity index is 2.55. The molecular weight excluding hydrogens is 302 g/mol. The van der Waals surface area contributed by atoms with Crippen molar-refractivity contribution in [2.45, 2.75) is 46.8 Å². The second kappa shape index (κ2) is 11.7. The van der Waals surface area contributed by atoms with Gasteiger partial charge in [0.25, 0.3) is 0 Å². The molecule has 0 saturated heterocycles. The van der Waals surface area contributed by atoms with E-state index in [2.05, 4.69) is 42.5 Å². The van der Waals surface area contributed by atoms with Crippen LogP contribution >= 0.6 is 0 Å². The number of methoxy groups -OCH3 is 1. The molecule has 2 N–H and O–H groups in total. The molecule has 0 heterocycles. The van der Waals surface area contributed by atoms with Gasteiger partial charge in [-0.2, -0.15) is 0 Å². The van der Waals surface area contributed by atoms with E-state index in [4.69, 9.17) is 9.47 Å². The van der Waals surface area contributed by atoms with Crippen molar-refractivity contribution >= 4 is 5.96 Å². The van der Waals surface area contributed by atoms with Crippen LogP contribution in [0.5, 0.6) is 5.75 Å². The molecule has 0 bridgehead atoms.